The second kappa shape index (κ2) is 6.67. The van der Waals surface area contributed by atoms with Gasteiger partial charge >= 0.3 is 0 Å². The number of fused-ring (bicyclic) bond motifs is 1. The van der Waals surface area contributed by atoms with Crippen molar-refractivity contribution < 1.29 is 10.0 Å². The number of aromatic nitrogens is 3. The van der Waals surface area contributed by atoms with Crippen LogP contribution in [0.15, 0.2) is 24.3 Å². The minimum absolute atomic E-state index is 0.119. The Hall–Kier alpha value is -1.92. The number of quaternary nitrogens is 1. The van der Waals surface area contributed by atoms with Crippen molar-refractivity contribution in [2.45, 2.75) is 40.2 Å². The number of thiazole rings is 1. The lowest BCUT2D eigenvalue weighted by molar-refractivity contribution is -0.936. The molecule has 3 heterocycles. The molecule has 26 heavy (non-hydrogen) atoms. The number of nitrogens with one attached hydrogen (secondary N) is 1. The molecule has 1 aliphatic heterocycles. The van der Waals surface area contributed by atoms with Crippen molar-refractivity contribution in [1.29, 1.82) is 0 Å². The lowest BCUT2D eigenvalue weighted by atomic mass is 9.89. The molecule has 138 valence electrons. The van der Waals surface area contributed by atoms with Gasteiger partial charge in [0, 0.05) is 17.4 Å². The number of aryl methyl sites for hydroxylation is 2. The van der Waals surface area contributed by atoms with Gasteiger partial charge in [-0.05, 0) is 26.3 Å². The predicted octanol–water partition coefficient (Wildman–Crippen LogP) is 2.76. The maximum atomic E-state index is 10.9. The van der Waals surface area contributed by atoms with Gasteiger partial charge in [0.1, 0.15) is 10.7 Å². The SMILES string of the molecule is Cc1cccc([C@@H](c2sc3nc(C)nn3c2O)[NH+]2C[C@@H](C)C[C@H](C)C2)c1. The summed E-state index contributed by atoms with van der Waals surface area (Å²) in [5, 5.41) is 15.3. The first-order valence-corrected chi connectivity index (χ1v) is 10.2. The Bertz CT molecular complexity index is 921. The molecule has 2 N–H and O–H groups in total. The van der Waals surface area contributed by atoms with Gasteiger partial charge in [0.2, 0.25) is 10.8 Å². The summed E-state index contributed by atoms with van der Waals surface area (Å²) < 4.78 is 1.59. The van der Waals surface area contributed by atoms with Crippen molar-refractivity contribution >= 4 is 16.3 Å². The molecule has 1 aromatic carbocycles. The van der Waals surface area contributed by atoms with Crippen LogP contribution < -0.4 is 4.90 Å². The van der Waals surface area contributed by atoms with Gasteiger partial charge in [0.15, 0.2) is 6.04 Å². The van der Waals surface area contributed by atoms with Crippen molar-refractivity contribution in [3.05, 3.63) is 46.1 Å². The Labute approximate surface area is 158 Å². The maximum Gasteiger partial charge on any atom is 0.235 e. The van der Waals surface area contributed by atoms with E-state index < -0.39 is 0 Å². The number of benzene rings is 1. The van der Waals surface area contributed by atoms with Crippen LogP contribution >= 0.6 is 11.3 Å². The number of likely N-dealkylation sites (tertiary alicyclic amines) is 1. The van der Waals surface area contributed by atoms with Gasteiger partial charge in [0.05, 0.1) is 13.1 Å². The van der Waals surface area contributed by atoms with E-state index in [0.29, 0.717) is 17.7 Å². The molecular formula is C20H27N4OS+. The van der Waals surface area contributed by atoms with Crippen LogP contribution in [-0.2, 0) is 0 Å². The normalized spacial score (nSPS) is 24.8. The standard InChI is InChI=1S/C20H26N4OS/c1-12-6-5-7-16(9-12)17(23-10-13(2)8-14(3)11-23)18-19(25)24-20(26-18)21-15(4)22-24/h5-7,9,13-14,17,25H,8,10-11H2,1-4H3/p+1/t13-,14-,17-/m0/s1. The Morgan fingerprint density at radius 3 is 2.62 bits per heavy atom. The molecular weight excluding hydrogens is 344 g/mol. The first-order chi connectivity index (χ1) is 12.4. The van der Waals surface area contributed by atoms with Gasteiger partial charge in [-0.1, -0.05) is 48.9 Å². The smallest absolute Gasteiger partial charge is 0.235 e. The quantitative estimate of drug-likeness (QED) is 0.744. The third kappa shape index (κ3) is 3.12. The van der Waals surface area contributed by atoms with E-state index in [0.717, 1.165) is 22.9 Å². The molecule has 0 spiro atoms. The molecule has 5 nitrogen and oxygen atoms in total. The van der Waals surface area contributed by atoms with Crippen LogP contribution in [0.5, 0.6) is 5.88 Å². The van der Waals surface area contributed by atoms with E-state index in [2.05, 4.69) is 55.1 Å². The van der Waals surface area contributed by atoms with Crippen molar-refractivity contribution in [2.24, 2.45) is 11.8 Å². The van der Waals surface area contributed by atoms with Gasteiger partial charge in [-0.15, -0.1) is 5.10 Å². The van der Waals surface area contributed by atoms with Gasteiger partial charge in [0.25, 0.3) is 0 Å². The van der Waals surface area contributed by atoms with Gasteiger partial charge < -0.3 is 10.0 Å². The summed E-state index contributed by atoms with van der Waals surface area (Å²) in [6.07, 6.45) is 1.28. The van der Waals surface area contributed by atoms with E-state index in [-0.39, 0.29) is 11.9 Å². The lowest BCUT2D eigenvalue weighted by Gasteiger charge is -2.37. The predicted molar refractivity (Wildman–Crippen MR) is 104 cm³/mol. The second-order valence-electron chi connectivity index (χ2n) is 8.00. The van der Waals surface area contributed by atoms with E-state index in [4.69, 9.17) is 0 Å². The van der Waals surface area contributed by atoms with Crippen molar-refractivity contribution in [3.63, 3.8) is 0 Å². The summed E-state index contributed by atoms with van der Waals surface area (Å²) in [5.41, 5.74) is 2.51. The fourth-order valence-corrected chi connectivity index (χ4v) is 5.71. The Morgan fingerprint density at radius 2 is 1.96 bits per heavy atom. The number of rotatable bonds is 3. The molecule has 6 heteroatoms. The van der Waals surface area contributed by atoms with Crippen LogP contribution in [0.3, 0.4) is 0 Å². The molecule has 0 saturated carbocycles. The molecule has 3 atom stereocenters. The average molecular weight is 372 g/mol. The average Bonchev–Trinajstić information content (AvgIpc) is 3.05. The van der Waals surface area contributed by atoms with Crippen LogP contribution in [-0.4, -0.2) is 32.8 Å². The highest BCUT2D eigenvalue weighted by Gasteiger charge is 2.37. The largest absolute Gasteiger partial charge is 0.492 e. The highest BCUT2D eigenvalue weighted by atomic mass is 32.1. The zero-order valence-electron chi connectivity index (χ0n) is 15.9. The van der Waals surface area contributed by atoms with Crippen molar-refractivity contribution in [3.8, 4) is 5.88 Å². The summed E-state index contributed by atoms with van der Waals surface area (Å²) >= 11 is 1.57. The number of piperidine rings is 1. The molecule has 2 aromatic heterocycles. The third-order valence-corrected chi connectivity index (χ3v) is 6.46. The van der Waals surface area contributed by atoms with E-state index in [1.54, 1.807) is 15.9 Å². The first kappa shape index (κ1) is 17.5. The number of hydrogen-bond acceptors (Lipinski definition) is 4. The summed E-state index contributed by atoms with van der Waals surface area (Å²) in [4.78, 5) is 7.73. The zero-order valence-corrected chi connectivity index (χ0v) is 16.7. The monoisotopic (exact) mass is 371 g/mol. The molecule has 0 bridgehead atoms. The summed E-state index contributed by atoms with van der Waals surface area (Å²) in [6.45, 7) is 10.9. The van der Waals surface area contributed by atoms with Crippen LogP contribution in [0.25, 0.3) is 4.96 Å². The van der Waals surface area contributed by atoms with Crippen LogP contribution in [0, 0.1) is 25.7 Å². The van der Waals surface area contributed by atoms with E-state index in [1.165, 1.54) is 22.4 Å². The number of nitrogens with zero attached hydrogens (tertiary/aromatic N) is 3. The molecule has 1 fully saturated rings. The molecule has 4 rings (SSSR count). The molecule has 0 aliphatic carbocycles. The zero-order chi connectivity index (χ0) is 18.4. The van der Waals surface area contributed by atoms with Crippen LogP contribution in [0.1, 0.15) is 48.1 Å². The van der Waals surface area contributed by atoms with E-state index >= 15 is 0 Å². The molecule has 0 radical (unpaired) electrons. The number of hydrogen-bond donors (Lipinski definition) is 2. The van der Waals surface area contributed by atoms with E-state index in [9.17, 15) is 5.11 Å². The topological polar surface area (TPSA) is 54.9 Å². The summed E-state index contributed by atoms with van der Waals surface area (Å²) in [7, 11) is 0. The fraction of sp³-hybridized carbons (Fsp3) is 0.500. The fourth-order valence-electron chi connectivity index (χ4n) is 4.53. The van der Waals surface area contributed by atoms with Gasteiger partial charge in [-0.25, -0.2) is 4.98 Å². The molecule has 1 saturated heterocycles. The molecule has 1 aliphatic rings. The van der Waals surface area contributed by atoms with Gasteiger partial charge in [-0.2, -0.15) is 4.52 Å². The Balaban J connectivity index is 1.84. The first-order valence-electron chi connectivity index (χ1n) is 9.38. The number of aromatic hydroxyl groups is 1. The maximum absolute atomic E-state index is 10.9. The van der Waals surface area contributed by atoms with Crippen LogP contribution in [0.2, 0.25) is 0 Å². The van der Waals surface area contributed by atoms with Crippen molar-refractivity contribution in [2.75, 3.05) is 13.1 Å². The molecule has 3 aromatic rings. The minimum Gasteiger partial charge on any atom is -0.492 e. The molecule has 0 amide bonds. The molecule has 0 unspecified atom stereocenters. The Kier molecular flexibility index (Phi) is 4.49. The van der Waals surface area contributed by atoms with Gasteiger partial charge in [-0.3, -0.25) is 0 Å². The lowest BCUT2D eigenvalue weighted by Crippen LogP contribution is -3.14. The van der Waals surface area contributed by atoms with Crippen molar-refractivity contribution in [1.82, 2.24) is 14.6 Å². The Morgan fingerprint density at radius 1 is 1.23 bits per heavy atom. The summed E-state index contributed by atoms with van der Waals surface area (Å²) in [5.74, 6) is 2.31. The van der Waals surface area contributed by atoms with Crippen LogP contribution in [0.4, 0.5) is 0 Å². The third-order valence-electron chi connectivity index (χ3n) is 5.38. The minimum atomic E-state index is 0.119. The van der Waals surface area contributed by atoms with E-state index in [1.807, 2.05) is 6.92 Å². The second-order valence-corrected chi connectivity index (χ2v) is 9.01. The highest BCUT2D eigenvalue weighted by molar-refractivity contribution is 7.17. The summed E-state index contributed by atoms with van der Waals surface area (Å²) in [6, 6.07) is 8.81. The highest BCUT2D eigenvalue weighted by Crippen LogP contribution is 2.35.